The van der Waals surface area contributed by atoms with Crippen molar-refractivity contribution < 1.29 is 14.7 Å². The largest absolute Gasteiger partial charge is 0.481 e. The minimum Gasteiger partial charge on any atom is -0.481 e. The van der Waals surface area contributed by atoms with Crippen LogP contribution in [0.1, 0.15) is 38.4 Å². The number of amides is 2. The lowest BCUT2D eigenvalue weighted by Gasteiger charge is -2.27. The Morgan fingerprint density at radius 1 is 1.57 bits per heavy atom. The zero-order valence-electron chi connectivity index (χ0n) is 12.2. The number of aromatic nitrogens is 2. The highest BCUT2D eigenvalue weighted by Gasteiger charge is 2.45. The summed E-state index contributed by atoms with van der Waals surface area (Å²) in [6, 6.07) is -0.603. The number of nitrogens with zero attached hydrogens (tertiary/aromatic N) is 1. The predicted molar refractivity (Wildman–Crippen MR) is 76.8 cm³/mol. The summed E-state index contributed by atoms with van der Waals surface area (Å²) in [7, 11) is 0. The van der Waals surface area contributed by atoms with Gasteiger partial charge in [-0.05, 0) is 26.2 Å². The molecule has 1 saturated carbocycles. The Balaban J connectivity index is 1.70. The number of aliphatic carboxylic acids is 1. The highest BCUT2D eigenvalue weighted by atomic mass is 16.4. The molecule has 7 nitrogen and oxygen atoms in total. The average molecular weight is 294 g/mol. The maximum Gasteiger partial charge on any atom is 0.315 e. The molecule has 7 heteroatoms. The summed E-state index contributed by atoms with van der Waals surface area (Å²) in [6.45, 7) is 2.23. The van der Waals surface area contributed by atoms with Gasteiger partial charge in [-0.25, -0.2) is 9.78 Å². The zero-order chi connectivity index (χ0) is 15.3. The van der Waals surface area contributed by atoms with E-state index in [1.54, 1.807) is 19.3 Å². The number of aryl methyl sites for hydroxylation is 1. The molecule has 1 aromatic rings. The van der Waals surface area contributed by atoms with Crippen molar-refractivity contribution in [2.24, 2.45) is 5.41 Å². The molecule has 1 fully saturated rings. The van der Waals surface area contributed by atoms with Gasteiger partial charge in [-0.15, -0.1) is 0 Å². The van der Waals surface area contributed by atoms with Crippen LogP contribution in [-0.2, 0) is 11.2 Å². The third-order valence-corrected chi connectivity index (χ3v) is 4.18. The quantitative estimate of drug-likeness (QED) is 0.593. The smallest absolute Gasteiger partial charge is 0.315 e. The number of nitrogens with one attached hydrogen (secondary N) is 3. The van der Waals surface area contributed by atoms with Gasteiger partial charge in [0, 0.05) is 31.4 Å². The number of H-pyrrole nitrogens is 1. The lowest BCUT2D eigenvalue weighted by Crippen LogP contribution is -2.50. The van der Waals surface area contributed by atoms with E-state index in [-0.39, 0.29) is 12.1 Å². The molecular formula is C14H22N4O3. The second-order valence-electron chi connectivity index (χ2n) is 5.71. The number of hydrogen-bond acceptors (Lipinski definition) is 3. The summed E-state index contributed by atoms with van der Waals surface area (Å²) in [6.07, 6.45) is 7.15. The average Bonchev–Trinajstić information content (AvgIpc) is 3.06. The predicted octanol–water partition coefficient (Wildman–Crippen LogP) is 1.28. The van der Waals surface area contributed by atoms with Crippen LogP contribution >= 0.6 is 0 Å². The number of urea groups is 1. The van der Waals surface area contributed by atoms with Gasteiger partial charge in [-0.2, -0.15) is 0 Å². The monoisotopic (exact) mass is 294 g/mol. The molecule has 21 heavy (non-hydrogen) atoms. The summed E-state index contributed by atoms with van der Waals surface area (Å²) in [5.41, 5.74) is -0.856. The molecule has 0 saturated heterocycles. The fourth-order valence-electron chi connectivity index (χ4n) is 2.76. The zero-order valence-corrected chi connectivity index (χ0v) is 12.2. The first kappa shape index (κ1) is 15.3. The lowest BCUT2D eigenvalue weighted by atomic mass is 9.85. The number of aromatic amines is 1. The Bertz CT molecular complexity index is 488. The van der Waals surface area contributed by atoms with Gasteiger partial charge in [0.05, 0.1) is 5.41 Å². The van der Waals surface area contributed by atoms with E-state index in [0.29, 0.717) is 19.4 Å². The van der Waals surface area contributed by atoms with Gasteiger partial charge in [0.1, 0.15) is 5.82 Å². The van der Waals surface area contributed by atoms with E-state index >= 15 is 0 Å². The van der Waals surface area contributed by atoms with Crippen molar-refractivity contribution in [1.82, 2.24) is 20.6 Å². The molecule has 0 bridgehead atoms. The van der Waals surface area contributed by atoms with Crippen LogP contribution in [0, 0.1) is 5.41 Å². The Kier molecular flexibility index (Phi) is 4.82. The molecule has 0 radical (unpaired) electrons. The third-order valence-electron chi connectivity index (χ3n) is 4.18. The molecular weight excluding hydrogens is 272 g/mol. The first-order valence-corrected chi connectivity index (χ1v) is 7.28. The second-order valence-corrected chi connectivity index (χ2v) is 5.71. The van der Waals surface area contributed by atoms with Gasteiger partial charge in [0.2, 0.25) is 0 Å². The highest BCUT2D eigenvalue weighted by molar-refractivity contribution is 5.79. The van der Waals surface area contributed by atoms with E-state index in [4.69, 9.17) is 0 Å². The summed E-state index contributed by atoms with van der Waals surface area (Å²) < 4.78 is 0. The van der Waals surface area contributed by atoms with Crippen molar-refractivity contribution >= 4 is 12.0 Å². The normalized spacial score (nSPS) is 24.7. The molecule has 1 aromatic heterocycles. The van der Waals surface area contributed by atoms with Crippen molar-refractivity contribution in [3.05, 3.63) is 18.2 Å². The van der Waals surface area contributed by atoms with E-state index in [9.17, 15) is 14.7 Å². The van der Waals surface area contributed by atoms with Crippen molar-refractivity contribution in [3.8, 4) is 0 Å². The van der Waals surface area contributed by atoms with Gasteiger partial charge in [0.15, 0.2) is 0 Å². The molecule has 2 amide bonds. The Morgan fingerprint density at radius 3 is 3.05 bits per heavy atom. The number of rotatable bonds is 6. The third kappa shape index (κ3) is 3.74. The molecule has 1 heterocycles. The summed E-state index contributed by atoms with van der Waals surface area (Å²) in [5, 5.41) is 14.8. The van der Waals surface area contributed by atoms with Crippen LogP contribution in [0.2, 0.25) is 0 Å². The molecule has 2 rings (SSSR count). The van der Waals surface area contributed by atoms with Crippen LogP contribution < -0.4 is 10.6 Å². The van der Waals surface area contributed by atoms with Gasteiger partial charge in [-0.1, -0.05) is 6.42 Å². The standard InChI is InChI=1S/C14H22N4O3/c1-14(12(19)20)6-2-4-10(14)18-13(21)17-7-3-5-11-15-8-9-16-11/h8-10H,2-7H2,1H3,(H,15,16)(H,19,20)(H2,17,18,21). The van der Waals surface area contributed by atoms with Crippen LogP contribution in [0.25, 0.3) is 0 Å². The minimum absolute atomic E-state index is 0.297. The fraction of sp³-hybridized carbons (Fsp3) is 0.643. The number of carboxylic acid groups (broad SMARTS) is 1. The Morgan fingerprint density at radius 2 is 2.38 bits per heavy atom. The fourth-order valence-corrected chi connectivity index (χ4v) is 2.76. The first-order valence-electron chi connectivity index (χ1n) is 7.28. The molecule has 0 aliphatic heterocycles. The van der Waals surface area contributed by atoms with Crippen molar-refractivity contribution in [1.29, 1.82) is 0 Å². The van der Waals surface area contributed by atoms with E-state index in [2.05, 4.69) is 20.6 Å². The van der Waals surface area contributed by atoms with E-state index < -0.39 is 11.4 Å². The van der Waals surface area contributed by atoms with Crippen LogP contribution in [0.4, 0.5) is 4.79 Å². The Labute approximate surface area is 123 Å². The number of carbonyl (C=O) groups is 2. The van der Waals surface area contributed by atoms with Crippen LogP contribution in [0.3, 0.4) is 0 Å². The van der Waals surface area contributed by atoms with Crippen LogP contribution in [0.15, 0.2) is 12.4 Å². The molecule has 0 spiro atoms. The number of hydrogen-bond donors (Lipinski definition) is 4. The van der Waals surface area contributed by atoms with Gasteiger partial charge >= 0.3 is 12.0 Å². The minimum atomic E-state index is -0.856. The molecule has 4 N–H and O–H groups in total. The van der Waals surface area contributed by atoms with E-state index in [1.165, 1.54) is 0 Å². The van der Waals surface area contributed by atoms with Gasteiger partial charge in [0.25, 0.3) is 0 Å². The molecule has 2 unspecified atom stereocenters. The number of carbonyl (C=O) groups excluding carboxylic acids is 1. The maximum absolute atomic E-state index is 11.8. The summed E-state index contributed by atoms with van der Waals surface area (Å²) >= 11 is 0. The second kappa shape index (κ2) is 6.60. The Hall–Kier alpha value is -2.05. The highest BCUT2D eigenvalue weighted by Crippen LogP contribution is 2.38. The molecule has 0 aromatic carbocycles. The van der Waals surface area contributed by atoms with Crippen molar-refractivity contribution in [2.45, 2.75) is 45.1 Å². The lowest BCUT2D eigenvalue weighted by molar-refractivity contribution is -0.148. The number of carboxylic acids is 1. The SMILES string of the molecule is CC1(C(=O)O)CCCC1NC(=O)NCCCc1ncc[nH]1. The topological polar surface area (TPSA) is 107 Å². The molecule has 1 aliphatic rings. The molecule has 116 valence electrons. The van der Waals surface area contributed by atoms with E-state index in [1.807, 2.05) is 0 Å². The first-order chi connectivity index (χ1) is 10.0. The van der Waals surface area contributed by atoms with Crippen molar-refractivity contribution in [2.75, 3.05) is 6.54 Å². The molecule has 2 atom stereocenters. The number of imidazole rings is 1. The van der Waals surface area contributed by atoms with E-state index in [0.717, 1.165) is 25.1 Å². The summed E-state index contributed by atoms with van der Waals surface area (Å²) in [5.74, 6) is 0.0505. The van der Waals surface area contributed by atoms with Gasteiger partial charge < -0.3 is 20.7 Å². The van der Waals surface area contributed by atoms with Crippen molar-refractivity contribution in [3.63, 3.8) is 0 Å². The maximum atomic E-state index is 11.8. The van der Waals surface area contributed by atoms with Crippen LogP contribution in [0.5, 0.6) is 0 Å². The van der Waals surface area contributed by atoms with Crippen LogP contribution in [-0.4, -0.2) is 39.7 Å². The molecule has 1 aliphatic carbocycles. The van der Waals surface area contributed by atoms with Gasteiger partial charge in [-0.3, -0.25) is 4.79 Å². The summed E-state index contributed by atoms with van der Waals surface area (Å²) in [4.78, 5) is 30.3.